The molecule has 0 saturated carbocycles. The summed E-state index contributed by atoms with van der Waals surface area (Å²) in [5, 5.41) is 2.60. The first-order chi connectivity index (χ1) is 8.16. The molecule has 0 heterocycles. The van der Waals surface area contributed by atoms with Crippen LogP contribution in [0.2, 0.25) is 0 Å². The van der Waals surface area contributed by atoms with Crippen LogP contribution >= 0.6 is 0 Å². The zero-order valence-electron chi connectivity index (χ0n) is 11.2. The van der Waals surface area contributed by atoms with Crippen LogP contribution in [0.5, 0.6) is 0 Å². The first-order valence-electron chi connectivity index (χ1n) is 6.90. The largest absolute Gasteiger partial charge is 0.352 e. The molecule has 2 amide bonds. The van der Waals surface area contributed by atoms with Crippen molar-refractivity contribution >= 4 is 6.03 Å². The molecule has 0 aliphatic heterocycles. The van der Waals surface area contributed by atoms with Crippen LogP contribution in [0, 0.1) is 5.92 Å². The zero-order valence-corrected chi connectivity index (χ0v) is 11.2. The van der Waals surface area contributed by atoms with Crippen LogP contribution in [0.3, 0.4) is 0 Å². The van der Waals surface area contributed by atoms with Gasteiger partial charge in [-0.05, 0) is 25.3 Å². The van der Waals surface area contributed by atoms with Gasteiger partial charge in [0.25, 0.3) is 0 Å². The van der Waals surface area contributed by atoms with Crippen LogP contribution in [-0.2, 0) is 0 Å². The van der Waals surface area contributed by atoms with Gasteiger partial charge < -0.3 is 16.8 Å². The van der Waals surface area contributed by atoms with Gasteiger partial charge in [0.15, 0.2) is 0 Å². The molecule has 1 unspecified atom stereocenters. The predicted molar refractivity (Wildman–Crippen MR) is 72.7 cm³/mol. The van der Waals surface area contributed by atoms with Gasteiger partial charge in [0.05, 0.1) is 0 Å². The fourth-order valence-corrected chi connectivity index (χ4v) is 1.83. The van der Waals surface area contributed by atoms with Gasteiger partial charge in [-0.2, -0.15) is 0 Å². The summed E-state index contributed by atoms with van der Waals surface area (Å²) in [7, 11) is 0. The normalized spacial score (nSPS) is 12.4. The molecule has 4 heteroatoms. The van der Waals surface area contributed by atoms with Crippen LogP contribution in [0.1, 0.15) is 58.3 Å². The van der Waals surface area contributed by atoms with Gasteiger partial charge in [0.1, 0.15) is 0 Å². The van der Waals surface area contributed by atoms with E-state index in [-0.39, 0.29) is 0 Å². The number of unbranched alkanes of at least 4 members (excludes halogenated alkanes) is 6. The van der Waals surface area contributed by atoms with E-state index < -0.39 is 6.03 Å². The summed E-state index contributed by atoms with van der Waals surface area (Å²) in [5.41, 5.74) is 10.5. The lowest BCUT2D eigenvalue weighted by atomic mass is 10.0. The minimum Gasteiger partial charge on any atom is -0.352 e. The SMILES string of the molecule is CC(CN)CCCCCCCCCNC(N)=O. The zero-order chi connectivity index (χ0) is 12.9. The highest BCUT2D eigenvalue weighted by atomic mass is 16.2. The highest BCUT2D eigenvalue weighted by Crippen LogP contribution is 2.11. The number of carbonyl (C=O) groups is 1. The molecule has 4 nitrogen and oxygen atoms in total. The van der Waals surface area contributed by atoms with E-state index in [4.69, 9.17) is 11.5 Å². The third-order valence-corrected chi connectivity index (χ3v) is 3.08. The number of nitrogens with one attached hydrogen (secondary N) is 1. The van der Waals surface area contributed by atoms with Crippen molar-refractivity contribution in [3.63, 3.8) is 0 Å². The monoisotopic (exact) mass is 243 g/mol. The Kier molecular flexibility index (Phi) is 11.2. The van der Waals surface area contributed by atoms with Crippen molar-refractivity contribution in [2.24, 2.45) is 17.4 Å². The highest BCUT2D eigenvalue weighted by molar-refractivity contribution is 5.71. The number of urea groups is 1. The maximum Gasteiger partial charge on any atom is 0.312 e. The molecule has 0 aromatic rings. The van der Waals surface area contributed by atoms with Gasteiger partial charge >= 0.3 is 6.03 Å². The molecule has 0 fully saturated rings. The average molecular weight is 243 g/mol. The maximum atomic E-state index is 10.4. The van der Waals surface area contributed by atoms with Gasteiger partial charge in [0.2, 0.25) is 0 Å². The van der Waals surface area contributed by atoms with Crippen molar-refractivity contribution in [3.8, 4) is 0 Å². The van der Waals surface area contributed by atoms with E-state index in [1.54, 1.807) is 0 Å². The second-order valence-electron chi connectivity index (χ2n) is 4.90. The highest BCUT2D eigenvalue weighted by Gasteiger charge is 1.98. The first kappa shape index (κ1) is 16.2. The van der Waals surface area contributed by atoms with E-state index in [2.05, 4.69) is 12.2 Å². The molecule has 0 saturated heterocycles. The molecule has 0 aliphatic carbocycles. The third-order valence-electron chi connectivity index (χ3n) is 3.08. The van der Waals surface area contributed by atoms with Crippen molar-refractivity contribution in [2.75, 3.05) is 13.1 Å². The molecule has 0 spiro atoms. The lowest BCUT2D eigenvalue weighted by Gasteiger charge is -2.07. The Morgan fingerprint density at radius 1 is 1.06 bits per heavy atom. The number of carbonyl (C=O) groups excluding carboxylic acids is 1. The van der Waals surface area contributed by atoms with Crippen molar-refractivity contribution in [1.82, 2.24) is 5.32 Å². The second-order valence-corrected chi connectivity index (χ2v) is 4.90. The van der Waals surface area contributed by atoms with Crippen LogP contribution in [0.15, 0.2) is 0 Å². The molecule has 0 radical (unpaired) electrons. The van der Waals surface area contributed by atoms with Crippen molar-refractivity contribution < 1.29 is 4.79 Å². The van der Waals surface area contributed by atoms with Crippen molar-refractivity contribution in [2.45, 2.75) is 58.3 Å². The van der Waals surface area contributed by atoms with Crippen molar-refractivity contribution in [1.29, 1.82) is 0 Å². The molecule has 0 bridgehead atoms. The smallest absolute Gasteiger partial charge is 0.312 e. The van der Waals surface area contributed by atoms with Gasteiger partial charge in [-0.3, -0.25) is 0 Å². The first-order valence-corrected chi connectivity index (χ1v) is 6.90. The lowest BCUT2D eigenvalue weighted by molar-refractivity contribution is 0.248. The van der Waals surface area contributed by atoms with E-state index in [0.717, 1.165) is 13.0 Å². The fraction of sp³-hybridized carbons (Fsp3) is 0.923. The molecule has 0 aromatic carbocycles. The Morgan fingerprint density at radius 3 is 2.12 bits per heavy atom. The standard InChI is InChI=1S/C13H29N3O/c1-12(11-14)9-7-5-3-2-4-6-8-10-16-13(15)17/h12H,2-11,14H2,1H3,(H3,15,16,17). The molecule has 0 aliphatic rings. The topological polar surface area (TPSA) is 81.1 Å². The van der Waals surface area contributed by atoms with E-state index in [1.807, 2.05) is 0 Å². The van der Waals surface area contributed by atoms with Gasteiger partial charge in [0, 0.05) is 6.54 Å². The number of primary amides is 1. The van der Waals surface area contributed by atoms with Gasteiger partial charge in [-0.1, -0.05) is 45.4 Å². The molecule has 0 rings (SSSR count). The molecule has 0 aromatic heterocycles. The van der Waals surface area contributed by atoms with Crippen LogP contribution in [-0.4, -0.2) is 19.1 Å². The van der Waals surface area contributed by atoms with Gasteiger partial charge in [-0.25, -0.2) is 4.79 Å². The van der Waals surface area contributed by atoms with E-state index in [0.29, 0.717) is 12.5 Å². The summed E-state index contributed by atoms with van der Waals surface area (Å²) in [6, 6.07) is -0.418. The Bertz CT molecular complexity index is 186. The molecule has 1 atom stereocenters. The lowest BCUT2D eigenvalue weighted by Crippen LogP contribution is -2.29. The van der Waals surface area contributed by atoms with Crippen LogP contribution in [0.25, 0.3) is 0 Å². The molecule has 5 N–H and O–H groups in total. The quantitative estimate of drug-likeness (QED) is 0.487. The van der Waals surface area contributed by atoms with E-state index in [1.165, 1.54) is 44.9 Å². The third kappa shape index (κ3) is 13.2. The van der Waals surface area contributed by atoms with Crippen molar-refractivity contribution in [3.05, 3.63) is 0 Å². The summed E-state index contributed by atoms with van der Waals surface area (Å²) in [5.74, 6) is 0.676. The van der Waals surface area contributed by atoms with E-state index >= 15 is 0 Å². The number of nitrogens with two attached hydrogens (primary N) is 2. The summed E-state index contributed by atoms with van der Waals surface area (Å²) < 4.78 is 0. The molecule has 102 valence electrons. The number of hydrogen-bond acceptors (Lipinski definition) is 2. The Balaban J connectivity index is 3.01. The Hall–Kier alpha value is -0.770. The van der Waals surface area contributed by atoms with E-state index in [9.17, 15) is 4.79 Å². The minimum absolute atomic E-state index is 0.418. The minimum atomic E-state index is -0.418. The summed E-state index contributed by atoms with van der Waals surface area (Å²) in [6.07, 6.45) is 9.98. The number of rotatable bonds is 11. The predicted octanol–water partition coefficient (Wildman–Crippen LogP) is 2.37. The van der Waals surface area contributed by atoms with Gasteiger partial charge in [-0.15, -0.1) is 0 Å². The summed E-state index contributed by atoms with van der Waals surface area (Å²) in [6.45, 7) is 3.74. The molecule has 17 heavy (non-hydrogen) atoms. The summed E-state index contributed by atoms with van der Waals surface area (Å²) in [4.78, 5) is 10.4. The average Bonchev–Trinajstić information content (AvgIpc) is 2.30. The Morgan fingerprint density at radius 2 is 1.59 bits per heavy atom. The van der Waals surface area contributed by atoms with Crippen LogP contribution in [0.4, 0.5) is 4.79 Å². The molecular weight excluding hydrogens is 214 g/mol. The number of amides is 2. The Labute approximate surface area is 106 Å². The fourth-order valence-electron chi connectivity index (χ4n) is 1.83. The number of hydrogen-bond donors (Lipinski definition) is 3. The maximum absolute atomic E-state index is 10.4. The summed E-state index contributed by atoms with van der Waals surface area (Å²) >= 11 is 0. The second kappa shape index (κ2) is 11.7. The van der Waals surface area contributed by atoms with Crippen LogP contribution < -0.4 is 16.8 Å². The molecular formula is C13H29N3O.